The molecule has 7 heteroatoms. The van der Waals surface area contributed by atoms with Gasteiger partial charge in [-0.3, -0.25) is 14.0 Å². The number of thiazole rings is 1. The first kappa shape index (κ1) is 16.7. The number of aromatic amines is 1. The fourth-order valence-electron chi connectivity index (χ4n) is 2.90. The SMILES string of the molecule is Cc1ccc(NC(=O)c2sc(=S)n3c2[nH]c(=O)c2ccccc23)cc1C. The van der Waals surface area contributed by atoms with Crippen molar-refractivity contribution in [3.8, 4) is 0 Å². The highest BCUT2D eigenvalue weighted by atomic mass is 32.1. The van der Waals surface area contributed by atoms with Gasteiger partial charge in [0, 0.05) is 5.69 Å². The molecule has 1 amide bonds. The molecule has 2 aromatic carbocycles. The molecule has 0 aliphatic rings. The van der Waals surface area contributed by atoms with E-state index in [9.17, 15) is 9.59 Å². The predicted octanol–water partition coefficient (Wildman–Crippen LogP) is 4.44. The van der Waals surface area contributed by atoms with E-state index in [0.717, 1.165) is 11.1 Å². The van der Waals surface area contributed by atoms with Gasteiger partial charge < -0.3 is 10.3 Å². The van der Waals surface area contributed by atoms with E-state index in [2.05, 4.69) is 10.3 Å². The fourth-order valence-corrected chi connectivity index (χ4v) is 4.18. The van der Waals surface area contributed by atoms with E-state index in [4.69, 9.17) is 12.2 Å². The van der Waals surface area contributed by atoms with Crippen LogP contribution in [0, 0.1) is 17.8 Å². The molecule has 0 aliphatic heterocycles. The van der Waals surface area contributed by atoms with Crippen molar-refractivity contribution in [1.29, 1.82) is 0 Å². The standard InChI is InChI=1S/C19H15N3O2S2/c1-10-7-8-12(9-11(10)2)20-18(24)15-16-21-17(23)13-5-3-4-6-14(13)22(16)19(25)26-15/h3-9H,1-2H3,(H,20,24)(H,21,23). The monoisotopic (exact) mass is 381 g/mol. The van der Waals surface area contributed by atoms with Gasteiger partial charge in [0.1, 0.15) is 10.5 Å². The number of para-hydroxylation sites is 1. The Morgan fingerprint density at radius 2 is 1.92 bits per heavy atom. The van der Waals surface area contributed by atoms with Gasteiger partial charge in [-0.2, -0.15) is 0 Å². The molecule has 0 saturated heterocycles. The number of rotatable bonds is 2. The van der Waals surface area contributed by atoms with E-state index < -0.39 is 0 Å². The number of anilines is 1. The minimum Gasteiger partial charge on any atom is -0.321 e. The third-order valence-corrected chi connectivity index (χ3v) is 5.78. The third-order valence-electron chi connectivity index (χ3n) is 4.40. The summed E-state index contributed by atoms with van der Waals surface area (Å²) >= 11 is 6.63. The van der Waals surface area contributed by atoms with E-state index in [1.165, 1.54) is 11.3 Å². The molecule has 130 valence electrons. The fraction of sp³-hybridized carbons (Fsp3) is 0.105. The summed E-state index contributed by atoms with van der Waals surface area (Å²) in [5.41, 5.74) is 3.83. The van der Waals surface area contributed by atoms with Crippen molar-refractivity contribution in [2.75, 3.05) is 5.32 Å². The molecule has 0 saturated carbocycles. The number of carbonyl (C=O) groups excluding carboxylic acids is 1. The summed E-state index contributed by atoms with van der Waals surface area (Å²) in [7, 11) is 0. The molecule has 26 heavy (non-hydrogen) atoms. The van der Waals surface area contributed by atoms with E-state index in [0.29, 0.717) is 31.1 Å². The third kappa shape index (κ3) is 2.65. The van der Waals surface area contributed by atoms with E-state index >= 15 is 0 Å². The van der Waals surface area contributed by atoms with Gasteiger partial charge in [-0.1, -0.05) is 29.5 Å². The van der Waals surface area contributed by atoms with Crippen molar-refractivity contribution in [2.45, 2.75) is 13.8 Å². The number of benzene rings is 2. The molecule has 0 radical (unpaired) electrons. The molecule has 2 heterocycles. The van der Waals surface area contributed by atoms with Gasteiger partial charge >= 0.3 is 0 Å². The molecule has 0 spiro atoms. The number of hydrogen-bond donors (Lipinski definition) is 2. The summed E-state index contributed by atoms with van der Waals surface area (Å²) < 4.78 is 2.25. The zero-order chi connectivity index (χ0) is 18.4. The van der Waals surface area contributed by atoms with Gasteiger partial charge in [0.2, 0.25) is 0 Å². The average molecular weight is 381 g/mol. The maximum atomic E-state index is 12.8. The average Bonchev–Trinajstić information content (AvgIpc) is 2.95. The minimum atomic E-state index is -0.294. The van der Waals surface area contributed by atoms with Crippen LogP contribution in [0.3, 0.4) is 0 Å². The maximum Gasteiger partial charge on any atom is 0.269 e. The van der Waals surface area contributed by atoms with Crippen molar-refractivity contribution < 1.29 is 4.79 Å². The highest BCUT2D eigenvalue weighted by molar-refractivity contribution is 7.73. The normalized spacial score (nSPS) is 11.2. The summed E-state index contributed by atoms with van der Waals surface area (Å²) in [5.74, 6) is -0.294. The number of aryl methyl sites for hydroxylation is 2. The Balaban J connectivity index is 1.86. The predicted molar refractivity (Wildman–Crippen MR) is 108 cm³/mol. The van der Waals surface area contributed by atoms with Gasteiger partial charge in [-0.25, -0.2) is 0 Å². The van der Waals surface area contributed by atoms with Crippen LogP contribution in [0.25, 0.3) is 16.6 Å². The Labute approximate surface area is 157 Å². The highest BCUT2D eigenvalue weighted by Crippen LogP contribution is 2.24. The van der Waals surface area contributed by atoms with Crippen molar-refractivity contribution in [3.05, 3.63) is 72.8 Å². The van der Waals surface area contributed by atoms with Crippen molar-refractivity contribution in [1.82, 2.24) is 9.38 Å². The molecule has 4 rings (SSSR count). The zero-order valence-corrected chi connectivity index (χ0v) is 15.8. The Morgan fingerprint density at radius 3 is 2.69 bits per heavy atom. The maximum absolute atomic E-state index is 12.8. The Morgan fingerprint density at radius 1 is 1.15 bits per heavy atom. The zero-order valence-electron chi connectivity index (χ0n) is 14.1. The van der Waals surface area contributed by atoms with Gasteiger partial charge in [0.05, 0.1) is 10.9 Å². The number of carbonyl (C=O) groups is 1. The van der Waals surface area contributed by atoms with Crippen molar-refractivity contribution in [2.24, 2.45) is 0 Å². The molecule has 2 N–H and O–H groups in total. The van der Waals surface area contributed by atoms with Gasteiger partial charge in [-0.05, 0) is 61.5 Å². The van der Waals surface area contributed by atoms with Crippen LogP contribution >= 0.6 is 23.6 Å². The van der Waals surface area contributed by atoms with Crippen LogP contribution in [-0.4, -0.2) is 15.3 Å². The van der Waals surface area contributed by atoms with Gasteiger partial charge in [-0.15, -0.1) is 0 Å². The lowest BCUT2D eigenvalue weighted by molar-refractivity contribution is 0.103. The first-order chi connectivity index (χ1) is 12.5. The number of amides is 1. The van der Waals surface area contributed by atoms with Gasteiger partial charge in [0.15, 0.2) is 3.95 Å². The van der Waals surface area contributed by atoms with Crippen LogP contribution in [0.5, 0.6) is 0 Å². The summed E-state index contributed by atoms with van der Waals surface area (Å²) in [6.45, 7) is 4.01. The second-order valence-corrected chi connectivity index (χ2v) is 7.75. The van der Waals surface area contributed by atoms with Gasteiger partial charge in [0.25, 0.3) is 11.5 Å². The molecule has 0 atom stereocenters. The Bertz CT molecular complexity index is 1300. The summed E-state index contributed by atoms with van der Waals surface area (Å²) in [6, 6.07) is 12.9. The molecule has 0 unspecified atom stereocenters. The van der Waals surface area contributed by atoms with E-state index in [1.807, 2.05) is 44.2 Å². The lowest BCUT2D eigenvalue weighted by Gasteiger charge is -2.07. The van der Waals surface area contributed by atoms with Crippen LogP contribution in [-0.2, 0) is 0 Å². The second kappa shape index (κ2) is 6.19. The van der Waals surface area contributed by atoms with Crippen LogP contribution in [0.15, 0.2) is 47.3 Å². The smallest absolute Gasteiger partial charge is 0.269 e. The highest BCUT2D eigenvalue weighted by Gasteiger charge is 2.18. The molecule has 0 aliphatic carbocycles. The molecule has 5 nitrogen and oxygen atoms in total. The first-order valence-electron chi connectivity index (χ1n) is 8.01. The Hall–Kier alpha value is -2.77. The van der Waals surface area contributed by atoms with E-state index in [-0.39, 0.29) is 11.5 Å². The quantitative estimate of drug-likeness (QED) is 0.505. The topological polar surface area (TPSA) is 66.4 Å². The minimum absolute atomic E-state index is 0.242. The largest absolute Gasteiger partial charge is 0.321 e. The number of hydrogen-bond acceptors (Lipinski definition) is 4. The number of aromatic nitrogens is 2. The number of H-pyrrole nitrogens is 1. The van der Waals surface area contributed by atoms with Crippen LogP contribution in [0.4, 0.5) is 5.69 Å². The molecule has 0 bridgehead atoms. The van der Waals surface area contributed by atoms with Crippen LogP contribution in [0.2, 0.25) is 0 Å². The molecular weight excluding hydrogens is 366 g/mol. The first-order valence-corrected chi connectivity index (χ1v) is 9.23. The van der Waals surface area contributed by atoms with E-state index in [1.54, 1.807) is 16.5 Å². The number of nitrogens with zero attached hydrogens (tertiary/aromatic N) is 1. The van der Waals surface area contributed by atoms with Crippen molar-refractivity contribution >= 4 is 51.7 Å². The molecular formula is C19H15N3O2S2. The summed E-state index contributed by atoms with van der Waals surface area (Å²) in [4.78, 5) is 28.4. The van der Waals surface area contributed by atoms with Crippen LogP contribution < -0.4 is 10.9 Å². The summed E-state index contributed by atoms with van der Waals surface area (Å²) in [6.07, 6.45) is 0. The number of fused-ring (bicyclic) bond motifs is 3. The second-order valence-electron chi connectivity index (χ2n) is 6.11. The lowest BCUT2D eigenvalue weighted by Crippen LogP contribution is -2.15. The molecule has 4 aromatic rings. The summed E-state index contributed by atoms with van der Waals surface area (Å²) in [5, 5.41) is 3.43. The molecule has 2 aromatic heterocycles. The lowest BCUT2D eigenvalue weighted by atomic mass is 10.1. The Kier molecular flexibility index (Phi) is 3.97. The van der Waals surface area contributed by atoms with Crippen molar-refractivity contribution in [3.63, 3.8) is 0 Å². The number of nitrogens with one attached hydrogen (secondary N) is 2. The molecule has 0 fully saturated rings. The van der Waals surface area contributed by atoms with Crippen LogP contribution in [0.1, 0.15) is 20.8 Å².